The molecule has 1 aliphatic carbocycles. The normalized spacial score (nSPS) is 20.8. The van der Waals surface area contributed by atoms with E-state index in [1.807, 2.05) is 6.08 Å². The summed E-state index contributed by atoms with van der Waals surface area (Å²) in [6, 6.07) is -0.712. The zero-order chi connectivity index (χ0) is 16.8. The fourth-order valence-corrected chi connectivity index (χ4v) is 2.76. The van der Waals surface area contributed by atoms with Gasteiger partial charge in [0.25, 0.3) is 0 Å². The Balaban J connectivity index is 3.08. The lowest BCUT2D eigenvalue weighted by Gasteiger charge is -2.25. The molecule has 1 rings (SSSR count). The van der Waals surface area contributed by atoms with Crippen molar-refractivity contribution in [1.82, 2.24) is 4.72 Å². The highest BCUT2D eigenvalue weighted by atomic mass is 35.5. The van der Waals surface area contributed by atoms with E-state index in [0.29, 0.717) is 5.57 Å². The van der Waals surface area contributed by atoms with Gasteiger partial charge in [0.15, 0.2) is 0 Å². The molecule has 7 heteroatoms. The van der Waals surface area contributed by atoms with Crippen molar-refractivity contribution in [3.63, 3.8) is 0 Å². The minimum atomic E-state index is -4.45. The van der Waals surface area contributed by atoms with Crippen molar-refractivity contribution < 1.29 is 13.2 Å². The van der Waals surface area contributed by atoms with Crippen molar-refractivity contribution in [1.29, 1.82) is 0 Å². The molecule has 2 nitrogen and oxygen atoms in total. The predicted molar refractivity (Wildman–Crippen MR) is 88.7 cm³/mol. The van der Waals surface area contributed by atoms with Crippen molar-refractivity contribution in [2.45, 2.75) is 38.4 Å². The number of rotatable bonds is 6. The average molecular weight is 353 g/mol. The van der Waals surface area contributed by atoms with Gasteiger partial charge in [-0.1, -0.05) is 42.6 Å². The minimum absolute atomic E-state index is 0.0296. The lowest BCUT2D eigenvalue weighted by atomic mass is 9.89. The number of unbranched alkanes of at least 4 members (excludes halogenated alkanes) is 1. The summed E-state index contributed by atoms with van der Waals surface area (Å²) in [6.45, 7) is 2.42. The van der Waals surface area contributed by atoms with E-state index in [4.69, 9.17) is 17.3 Å². The van der Waals surface area contributed by atoms with Gasteiger partial charge in [0.1, 0.15) is 0 Å². The molecule has 0 radical (unpaired) electrons. The van der Waals surface area contributed by atoms with Gasteiger partial charge in [-0.05, 0) is 37.8 Å². The molecule has 1 atom stereocenters. The molecular formula is C15H20ClF3N2S. The molecule has 0 fully saturated rings. The van der Waals surface area contributed by atoms with Crippen LogP contribution in [0.1, 0.15) is 26.2 Å². The number of halogens is 4. The van der Waals surface area contributed by atoms with E-state index in [1.54, 1.807) is 19.1 Å². The first-order valence-electron chi connectivity index (χ1n) is 6.95. The van der Waals surface area contributed by atoms with Crippen LogP contribution in [0, 0.1) is 0 Å². The zero-order valence-electron chi connectivity index (χ0n) is 12.3. The summed E-state index contributed by atoms with van der Waals surface area (Å²) in [5.41, 5.74) is 5.45. The van der Waals surface area contributed by atoms with Crippen LogP contribution < -0.4 is 10.5 Å². The second kappa shape index (κ2) is 8.82. The lowest BCUT2D eigenvalue weighted by Crippen LogP contribution is -2.28. The van der Waals surface area contributed by atoms with Crippen molar-refractivity contribution in [2.75, 3.05) is 6.54 Å². The van der Waals surface area contributed by atoms with E-state index < -0.39 is 17.8 Å². The number of nitrogens with two attached hydrogens (primary N) is 1. The average Bonchev–Trinajstić information content (AvgIpc) is 2.42. The molecule has 0 spiro atoms. The molecule has 3 N–H and O–H groups in total. The first-order chi connectivity index (χ1) is 10.3. The summed E-state index contributed by atoms with van der Waals surface area (Å²) < 4.78 is 42.5. The molecule has 0 bridgehead atoms. The highest BCUT2D eigenvalue weighted by Crippen LogP contribution is 2.41. The Morgan fingerprint density at radius 2 is 2.23 bits per heavy atom. The third-order valence-corrected chi connectivity index (χ3v) is 3.78. The first-order valence-corrected chi connectivity index (χ1v) is 7.77. The fourth-order valence-electron chi connectivity index (χ4n) is 2.21. The van der Waals surface area contributed by atoms with Gasteiger partial charge in [0, 0.05) is 28.8 Å². The summed E-state index contributed by atoms with van der Waals surface area (Å²) in [5, 5.41) is 0.0563. The Bertz CT molecular complexity index is 507. The van der Waals surface area contributed by atoms with Crippen LogP contribution in [0.4, 0.5) is 13.2 Å². The Morgan fingerprint density at radius 1 is 1.55 bits per heavy atom. The van der Waals surface area contributed by atoms with Crippen molar-refractivity contribution in [3.8, 4) is 0 Å². The molecule has 22 heavy (non-hydrogen) atoms. The second-order valence-corrected chi connectivity index (χ2v) is 5.65. The van der Waals surface area contributed by atoms with E-state index in [0.717, 1.165) is 19.4 Å². The lowest BCUT2D eigenvalue weighted by molar-refractivity contribution is -0.0950. The number of thiol groups is 1. The molecule has 0 saturated heterocycles. The molecule has 1 aliphatic rings. The maximum Gasteiger partial charge on any atom is 0.413 e. The summed E-state index contributed by atoms with van der Waals surface area (Å²) in [7, 11) is 0. The molecule has 0 amide bonds. The summed E-state index contributed by atoms with van der Waals surface area (Å²) in [4.78, 5) is 0. The van der Waals surface area contributed by atoms with E-state index in [-0.39, 0.29) is 17.0 Å². The fraction of sp³-hybridized carbons (Fsp3) is 0.467. The topological polar surface area (TPSA) is 38.0 Å². The third-order valence-electron chi connectivity index (χ3n) is 3.24. The quantitative estimate of drug-likeness (QED) is 0.376. The molecule has 0 aromatic heterocycles. The minimum Gasteiger partial charge on any atom is -0.324 e. The van der Waals surface area contributed by atoms with Crippen molar-refractivity contribution in [2.24, 2.45) is 5.73 Å². The molecule has 0 saturated carbocycles. The Hall–Kier alpha value is -0.690. The van der Waals surface area contributed by atoms with Crippen LogP contribution in [-0.2, 0) is 0 Å². The van der Waals surface area contributed by atoms with E-state index in [2.05, 4.69) is 17.5 Å². The largest absolute Gasteiger partial charge is 0.413 e. The standard InChI is InChI=1S/C15H20ClF3N2S/c1-2-10(6-4-3-5-7-21-22)14-12(15(17,18)19)8-11(20)9-13(14)16/h2,4,6,9,11,21-22H,3,5,7-8,20H2,1H3/b6-4-,10-2+. The summed E-state index contributed by atoms with van der Waals surface area (Å²) in [5.74, 6) is 0. The maximum atomic E-state index is 13.3. The van der Waals surface area contributed by atoms with Gasteiger partial charge in [-0.3, -0.25) is 4.72 Å². The predicted octanol–water partition coefficient (Wildman–Crippen LogP) is 4.42. The van der Waals surface area contributed by atoms with Gasteiger partial charge in [0.05, 0.1) is 0 Å². The van der Waals surface area contributed by atoms with Crippen LogP contribution in [0.3, 0.4) is 0 Å². The molecule has 0 aliphatic heterocycles. The van der Waals surface area contributed by atoms with E-state index in [9.17, 15) is 13.2 Å². The van der Waals surface area contributed by atoms with Crippen LogP contribution >= 0.6 is 24.4 Å². The molecular weight excluding hydrogens is 333 g/mol. The molecule has 0 aromatic carbocycles. The summed E-state index contributed by atoms with van der Waals surface area (Å²) in [6.07, 6.45) is 3.47. The second-order valence-electron chi connectivity index (χ2n) is 4.93. The van der Waals surface area contributed by atoms with Gasteiger partial charge >= 0.3 is 6.18 Å². The molecule has 0 heterocycles. The molecule has 124 valence electrons. The van der Waals surface area contributed by atoms with Crippen molar-refractivity contribution >= 4 is 24.4 Å². The number of alkyl halides is 3. The SMILES string of the molecule is C/C=C(\C=C/CCCNS)C1=C(C(F)(F)F)CC(N)C=C1Cl. The number of hydrogen-bond donors (Lipinski definition) is 3. The maximum absolute atomic E-state index is 13.3. The van der Waals surface area contributed by atoms with Crippen LogP contribution in [0.15, 0.2) is 46.1 Å². The Kier molecular flexibility index (Phi) is 7.76. The van der Waals surface area contributed by atoms with E-state index >= 15 is 0 Å². The highest BCUT2D eigenvalue weighted by molar-refractivity contribution is 7.78. The number of hydrogen-bond acceptors (Lipinski definition) is 3. The zero-order valence-corrected chi connectivity index (χ0v) is 13.9. The smallest absolute Gasteiger partial charge is 0.324 e. The van der Waals surface area contributed by atoms with Gasteiger partial charge in [0.2, 0.25) is 0 Å². The van der Waals surface area contributed by atoms with Crippen molar-refractivity contribution in [3.05, 3.63) is 46.1 Å². The highest BCUT2D eigenvalue weighted by Gasteiger charge is 2.39. The van der Waals surface area contributed by atoms with Gasteiger partial charge < -0.3 is 5.73 Å². The van der Waals surface area contributed by atoms with Crippen LogP contribution in [0.25, 0.3) is 0 Å². The summed E-state index contributed by atoms with van der Waals surface area (Å²) >= 11 is 9.92. The first kappa shape index (κ1) is 19.4. The van der Waals surface area contributed by atoms with Gasteiger partial charge in [-0.2, -0.15) is 13.2 Å². The third kappa shape index (κ3) is 5.50. The number of nitrogens with one attached hydrogen (secondary N) is 1. The van der Waals surface area contributed by atoms with Crippen LogP contribution in [0.5, 0.6) is 0 Å². The molecule has 1 unspecified atom stereocenters. The molecule has 0 aromatic rings. The van der Waals surface area contributed by atoms with Crippen LogP contribution in [0.2, 0.25) is 0 Å². The Morgan fingerprint density at radius 3 is 2.77 bits per heavy atom. The van der Waals surface area contributed by atoms with Gasteiger partial charge in [-0.25, -0.2) is 0 Å². The Labute approximate surface area is 139 Å². The number of allylic oxidation sites excluding steroid dienone is 6. The van der Waals surface area contributed by atoms with Gasteiger partial charge in [-0.15, -0.1) is 0 Å². The van der Waals surface area contributed by atoms with E-state index in [1.165, 1.54) is 6.08 Å². The monoisotopic (exact) mass is 352 g/mol. The van der Waals surface area contributed by atoms with Crippen LogP contribution in [-0.4, -0.2) is 18.8 Å².